The van der Waals surface area contributed by atoms with Crippen LogP contribution in [0.1, 0.15) is 0 Å². The molecule has 0 radical (unpaired) electrons. The number of nitro groups is 2. The van der Waals surface area contributed by atoms with E-state index >= 15 is 0 Å². The number of nitrogens with zero attached hydrogens (tertiary/aromatic N) is 3. The maximum atomic E-state index is 12.1. The molecular weight excluding hydrogens is 443 g/mol. The van der Waals surface area contributed by atoms with Gasteiger partial charge >= 0.3 is 0 Å². The van der Waals surface area contributed by atoms with E-state index in [1.165, 1.54) is 12.1 Å². The molecule has 0 heterocycles. The van der Waals surface area contributed by atoms with Gasteiger partial charge in [-0.1, -0.05) is 0 Å². The summed E-state index contributed by atoms with van der Waals surface area (Å²) < 4.78 is 12.1. The normalized spacial score (nSPS) is 9.73. The second kappa shape index (κ2) is 18.4. The van der Waals surface area contributed by atoms with E-state index in [0.717, 1.165) is 30.0 Å². The highest BCUT2D eigenvalue weighted by atomic mass is 19.1. The molecular formula is C20H29FN4O8. The highest BCUT2D eigenvalue weighted by molar-refractivity contribution is 5.50. The molecule has 0 amide bonds. The highest BCUT2D eigenvalue weighted by Gasteiger charge is 2.08. The van der Waals surface area contributed by atoms with Crippen molar-refractivity contribution >= 4 is 17.1 Å². The minimum atomic E-state index is -0.570. The molecule has 13 heteroatoms. The summed E-state index contributed by atoms with van der Waals surface area (Å²) >= 11 is 0. The van der Waals surface area contributed by atoms with Gasteiger partial charge in [0, 0.05) is 56.1 Å². The van der Waals surface area contributed by atoms with E-state index in [1.54, 1.807) is 17.0 Å². The van der Waals surface area contributed by atoms with Crippen LogP contribution in [-0.2, 0) is 0 Å². The number of nitrogens with one attached hydrogen (secondary N) is 1. The molecule has 0 aliphatic rings. The van der Waals surface area contributed by atoms with Gasteiger partial charge in [-0.3, -0.25) is 20.2 Å². The minimum Gasteiger partial charge on any atom is -0.395 e. The van der Waals surface area contributed by atoms with E-state index in [-0.39, 0.29) is 37.8 Å². The van der Waals surface area contributed by atoms with E-state index in [4.69, 9.17) is 20.4 Å². The molecule has 2 rings (SSSR count). The van der Waals surface area contributed by atoms with Crippen molar-refractivity contribution in [2.24, 2.45) is 0 Å². The Hall–Kier alpha value is -3.23. The molecule has 2 aromatic rings. The largest absolute Gasteiger partial charge is 0.395 e. The average Bonchev–Trinajstić information content (AvgIpc) is 2.80. The van der Waals surface area contributed by atoms with Crippen molar-refractivity contribution in [2.75, 3.05) is 57.5 Å². The molecule has 0 aliphatic heterocycles. The van der Waals surface area contributed by atoms with Gasteiger partial charge in [-0.15, -0.1) is 0 Å². The molecule has 0 bridgehead atoms. The molecule has 0 fully saturated rings. The highest BCUT2D eigenvalue weighted by Crippen LogP contribution is 2.18. The van der Waals surface area contributed by atoms with Gasteiger partial charge in [0.05, 0.1) is 36.3 Å². The topological polar surface area (TPSA) is 182 Å². The molecule has 0 spiro atoms. The maximum absolute atomic E-state index is 12.1. The standard InChI is InChI=1S/C10H14N2O4.C6H4FNO2.C4H11NO2/c13-7-5-11(6-8-14)9-1-3-10(4-2-9)12(15)16;7-5-1-3-6(4-2-5)8(9)10;6-3-1-5-2-4-7/h1-4,13-14H,5-8H2;1-4H;5-7H,1-4H2. The van der Waals surface area contributed by atoms with Crippen LogP contribution in [0.2, 0.25) is 0 Å². The molecule has 184 valence electrons. The minimum absolute atomic E-state index is 0.0247. The van der Waals surface area contributed by atoms with Gasteiger partial charge in [0.2, 0.25) is 0 Å². The zero-order valence-electron chi connectivity index (χ0n) is 17.9. The van der Waals surface area contributed by atoms with Crippen molar-refractivity contribution in [3.05, 3.63) is 74.6 Å². The van der Waals surface area contributed by atoms with E-state index in [9.17, 15) is 24.6 Å². The summed E-state index contributed by atoms with van der Waals surface area (Å²) in [5.41, 5.74) is 0.673. The summed E-state index contributed by atoms with van der Waals surface area (Å²) in [4.78, 5) is 21.2. The number of hydrogen-bond acceptors (Lipinski definition) is 10. The van der Waals surface area contributed by atoms with E-state index in [2.05, 4.69) is 5.32 Å². The van der Waals surface area contributed by atoms with Crippen molar-refractivity contribution in [2.45, 2.75) is 0 Å². The third kappa shape index (κ3) is 13.7. The van der Waals surface area contributed by atoms with E-state index in [1.807, 2.05) is 0 Å². The maximum Gasteiger partial charge on any atom is 0.269 e. The first-order valence-corrected chi connectivity index (χ1v) is 9.84. The molecule has 0 saturated heterocycles. The van der Waals surface area contributed by atoms with Crippen LogP contribution in [0.5, 0.6) is 0 Å². The number of benzene rings is 2. The zero-order chi connectivity index (χ0) is 25.1. The van der Waals surface area contributed by atoms with Gasteiger partial charge in [0.15, 0.2) is 0 Å². The van der Waals surface area contributed by atoms with Gasteiger partial charge in [-0.05, 0) is 24.3 Å². The number of nitro benzene ring substituents is 2. The average molecular weight is 472 g/mol. The van der Waals surface area contributed by atoms with Crippen LogP contribution in [-0.4, -0.2) is 82.9 Å². The van der Waals surface area contributed by atoms with Crippen molar-refractivity contribution < 1.29 is 34.7 Å². The third-order valence-corrected chi connectivity index (χ3v) is 3.78. The Morgan fingerprint density at radius 2 is 1.12 bits per heavy atom. The Morgan fingerprint density at radius 1 is 0.727 bits per heavy atom. The van der Waals surface area contributed by atoms with E-state index < -0.39 is 15.7 Å². The lowest BCUT2D eigenvalue weighted by Crippen LogP contribution is -2.29. The predicted molar refractivity (Wildman–Crippen MR) is 120 cm³/mol. The second-order valence-corrected chi connectivity index (χ2v) is 6.14. The summed E-state index contributed by atoms with van der Waals surface area (Å²) in [5, 5.41) is 57.2. The number of halogens is 1. The van der Waals surface area contributed by atoms with E-state index in [0.29, 0.717) is 26.2 Å². The van der Waals surface area contributed by atoms with Crippen LogP contribution in [0.3, 0.4) is 0 Å². The lowest BCUT2D eigenvalue weighted by molar-refractivity contribution is -0.385. The number of aliphatic hydroxyl groups is 4. The predicted octanol–water partition coefficient (Wildman–Crippen LogP) is 0.680. The summed E-state index contributed by atoms with van der Waals surface area (Å²) in [5.74, 6) is -0.467. The summed E-state index contributed by atoms with van der Waals surface area (Å²) in [6, 6.07) is 10.3. The van der Waals surface area contributed by atoms with Gasteiger partial charge < -0.3 is 30.6 Å². The SMILES string of the molecule is O=[N+]([O-])c1ccc(F)cc1.O=[N+]([O-])c1ccc(N(CCO)CCO)cc1.OCCNCCO. The monoisotopic (exact) mass is 472 g/mol. The van der Waals surface area contributed by atoms with Crippen molar-refractivity contribution in [3.8, 4) is 0 Å². The Morgan fingerprint density at radius 3 is 1.45 bits per heavy atom. The summed E-state index contributed by atoms with van der Waals surface area (Å²) in [6.07, 6.45) is 0. The van der Waals surface area contributed by atoms with Crippen LogP contribution in [0.25, 0.3) is 0 Å². The van der Waals surface area contributed by atoms with Crippen molar-refractivity contribution in [3.63, 3.8) is 0 Å². The van der Waals surface area contributed by atoms with Crippen LogP contribution < -0.4 is 10.2 Å². The number of aliphatic hydroxyl groups excluding tert-OH is 4. The first-order chi connectivity index (χ1) is 15.8. The first kappa shape index (κ1) is 29.8. The Labute approximate surface area is 189 Å². The summed E-state index contributed by atoms with van der Waals surface area (Å²) in [6.45, 7) is 2.13. The molecule has 0 atom stereocenters. The van der Waals surface area contributed by atoms with Gasteiger partial charge in [0.25, 0.3) is 11.4 Å². The van der Waals surface area contributed by atoms with Crippen molar-refractivity contribution in [1.82, 2.24) is 5.32 Å². The fraction of sp³-hybridized carbons (Fsp3) is 0.400. The molecule has 0 aromatic heterocycles. The fourth-order valence-electron chi connectivity index (χ4n) is 2.24. The van der Waals surface area contributed by atoms with Crippen LogP contribution in [0, 0.1) is 26.0 Å². The van der Waals surface area contributed by atoms with Crippen LogP contribution in [0.15, 0.2) is 48.5 Å². The molecule has 5 N–H and O–H groups in total. The molecule has 33 heavy (non-hydrogen) atoms. The van der Waals surface area contributed by atoms with Gasteiger partial charge in [-0.2, -0.15) is 0 Å². The number of non-ortho nitro benzene ring substituents is 2. The molecule has 12 nitrogen and oxygen atoms in total. The molecule has 0 aliphatic carbocycles. The quantitative estimate of drug-likeness (QED) is 0.177. The number of anilines is 1. The number of hydrogen-bond donors (Lipinski definition) is 5. The Kier molecular flexibility index (Phi) is 16.6. The Bertz CT molecular complexity index is 784. The lowest BCUT2D eigenvalue weighted by Gasteiger charge is -2.22. The molecule has 2 aromatic carbocycles. The van der Waals surface area contributed by atoms with Crippen LogP contribution >= 0.6 is 0 Å². The smallest absolute Gasteiger partial charge is 0.269 e. The first-order valence-electron chi connectivity index (χ1n) is 9.84. The fourth-order valence-corrected chi connectivity index (χ4v) is 2.24. The zero-order valence-corrected chi connectivity index (χ0v) is 17.9. The van der Waals surface area contributed by atoms with Gasteiger partial charge in [0.1, 0.15) is 5.82 Å². The molecule has 0 unspecified atom stereocenters. The lowest BCUT2D eigenvalue weighted by atomic mass is 10.2. The Balaban J connectivity index is 0.000000514. The second-order valence-electron chi connectivity index (χ2n) is 6.14. The third-order valence-electron chi connectivity index (χ3n) is 3.78. The van der Waals surface area contributed by atoms with Crippen molar-refractivity contribution in [1.29, 1.82) is 0 Å². The molecule has 0 saturated carbocycles. The summed E-state index contributed by atoms with van der Waals surface area (Å²) in [7, 11) is 0. The number of rotatable bonds is 11. The van der Waals surface area contributed by atoms with Gasteiger partial charge in [-0.25, -0.2) is 4.39 Å². The van der Waals surface area contributed by atoms with Crippen LogP contribution in [0.4, 0.5) is 21.5 Å².